The maximum Gasteiger partial charge on any atom is 0.235 e. The fourth-order valence-electron chi connectivity index (χ4n) is 2.97. The van der Waals surface area contributed by atoms with Crippen molar-refractivity contribution in [2.45, 2.75) is 12.8 Å². The molecule has 1 aromatic carbocycles. The number of ether oxygens (including phenoxy) is 3. The van der Waals surface area contributed by atoms with E-state index in [1.807, 2.05) is 18.2 Å². The largest absolute Gasteiger partial charge is 0.493 e. The van der Waals surface area contributed by atoms with E-state index in [9.17, 15) is 5.26 Å². The first kappa shape index (κ1) is 17.7. The van der Waals surface area contributed by atoms with Crippen molar-refractivity contribution in [2.75, 3.05) is 39.3 Å². The Labute approximate surface area is 152 Å². The van der Waals surface area contributed by atoms with E-state index in [-0.39, 0.29) is 0 Å². The summed E-state index contributed by atoms with van der Waals surface area (Å²) < 4.78 is 21.8. The molecule has 1 aromatic heterocycles. The van der Waals surface area contributed by atoms with Crippen molar-refractivity contribution < 1.29 is 18.6 Å². The summed E-state index contributed by atoms with van der Waals surface area (Å²) in [5, 5.41) is 9.30. The van der Waals surface area contributed by atoms with Gasteiger partial charge in [0.25, 0.3) is 0 Å². The third-order valence-corrected chi connectivity index (χ3v) is 4.23. The van der Waals surface area contributed by atoms with Gasteiger partial charge in [-0.2, -0.15) is 10.2 Å². The van der Waals surface area contributed by atoms with Gasteiger partial charge in [0.1, 0.15) is 6.07 Å². The molecule has 1 aliphatic heterocycles. The van der Waals surface area contributed by atoms with Gasteiger partial charge in [-0.25, -0.2) is 0 Å². The van der Waals surface area contributed by atoms with Crippen molar-refractivity contribution in [3.63, 3.8) is 0 Å². The first-order chi connectivity index (χ1) is 12.7. The van der Waals surface area contributed by atoms with E-state index in [2.05, 4.69) is 16.0 Å². The van der Waals surface area contributed by atoms with Gasteiger partial charge >= 0.3 is 0 Å². The normalized spacial score (nSPS) is 13.8. The number of anilines is 1. The zero-order valence-corrected chi connectivity index (χ0v) is 15.1. The fraction of sp³-hybridized carbons (Fsp3) is 0.368. The van der Waals surface area contributed by atoms with E-state index in [1.54, 1.807) is 27.4 Å². The molecular weight excluding hydrogens is 334 g/mol. The van der Waals surface area contributed by atoms with Gasteiger partial charge in [-0.1, -0.05) is 0 Å². The Morgan fingerprint density at radius 1 is 1.08 bits per heavy atom. The molecule has 0 saturated carbocycles. The van der Waals surface area contributed by atoms with Crippen LogP contribution in [0.5, 0.6) is 17.2 Å². The Morgan fingerprint density at radius 3 is 2.27 bits per heavy atom. The van der Waals surface area contributed by atoms with Crippen LogP contribution < -0.4 is 19.1 Å². The van der Waals surface area contributed by atoms with Crippen LogP contribution in [0.3, 0.4) is 0 Å². The van der Waals surface area contributed by atoms with E-state index >= 15 is 0 Å². The molecule has 0 spiro atoms. The number of methoxy groups -OCH3 is 3. The number of aromatic nitrogens is 1. The van der Waals surface area contributed by atoms with Crippen LogP contribution in [0.25, 0.3) is 12.2 Å². The van der Waals surface area contributed by atoms with Crippen molar-refractivity contribution in [1.82, 2.24) is 4.98 Å². The van der Waals surface area contributed by atoms with Gasteiger partial charge in [0, 0.05) is 19.2 Å². The van der Waals surface area contributed by atoms with Gasteiger partial charge in [0.15, 0.2) is 11.5 Å². The molecule has 3 rings (SSSR count). The lowest BCUT2D eigenvalue weighted by Gasteiger charge is -2.12. The third kappa shape index (κ3) is 3.45. The van der Waals surface area contributed by atoms with Crippen LogP contribution in [0.15, 0.2) is 16.5 Å². The molecule has 136 valence electrons. The lowest BCUT2D eigenvalue weighted by molar-refractivity contribution is 0.324. The highest BCUT2D eigenvalue weighted by Gasteiger charge is 2.21. The van der Waals surface area contributed by atoms with Gasteiger partial charge in [0.05, 0.1) is 21.3 Å². The quantitative estimate of drug-likeness (QED) is 0.786. The summed E-state index contributed by atoms with van der Waals surface area (Å²) in [7, 11) is 4.70. The Kier molecular flexibility index (Phi) is 5.32. The average molecular weight is 355 g/mol. The fourth-order valence-corrected chi connectivity index (χ4v) is 2.97. The van der Waals surface area contributed by atoms with Gasteiger partial charge in [0.2, 0.25) is 23.2 Å². The highest BCUT2D eigenvalue weighted by Crippen LogP contribution is 2.38. The summed E-state index contributed by atoms with van der Waals surface area (Å²) in [4.78, 5) is 6.32. The second kappa shape index (κ2) is 7.83. The number of hydrogen-bond donors (Lipinski definition) is 0. The summed E-state index contributed by atoms with van der Waals surface area (Å²) >= 11 is 0. The van der Waals surface area contributed by atoms with Crippen LogP contribution in [-0.2, 0) is 0 Å². The lowest BCUT2D eigenvalue weighted by Crippen LogP contribution is -2.17. The minimum atomic E-state index is 0.316. The molecule has 0 bridgehead atoms. The standard InChI is InChI=1S/C19H21N3O4/c1-23-15-10-13(11-16(24-2)18(15)25-3)6-7-17-21-14(12-20)19(26-17)22-8-4-5-9-22/h6-7,10-11H,4-5,8-9H2,1-3H3. The Bertz CT molecular complexity index is 820. The molecule has 0 radical (unpaired) electrons. The Balaban J connectivity index is 1.89. The van der Waals surface area contributed by atoms with Crippen LogP contribution in [-0.4, -0.2) is 39.4 Å². The van der Waals surface area contributed by atoms with Gasteiger partial charge < -0.3 is 23.5 Å². The first-order valence-electron chi connectivity index (χ1n) is 8.34. The highest BCUT2D eigenvalue weighted by molar-refractivity contribution is 5.71. The van der Waals surface area contributed by atoms with E-state index < -0.39 is 0 Å². The molecular formula is C19H21N3O4. The molecule has 7 heteroatoms. The van der Waals surface area contributed by atoms with Gasteiger partial charge in [-0.3, -0.25) is 0 Å². The molecule has 0 atom stereocenters. The number of oxazole rings is 1. The van der Waals surface area contributed by atoms with E-state index in [0.29, 0.717) is 34.7 Å². The zero-order valence-electron chi connectivity index (χ0n) is 15.1. The smallest absolute Gasteiger partial charge is 0.235 e. The van der Waals surface area contributed by atoms with Crippen molar-refractivity contribution >= 4 is 18.0 Å². The second-order valence-corrected chi connectivity index (χ2v) is 5.80. The summed E-state index contributed by atoms with van der Waals surface area (Å²) in [6.45, 7) is 1.78. The minimum absolute atomic E-state index is 0.316. The number of hydrogen-bond acceptors (Lipinski definition) is 7. The summed E-state index contributed by atoms with van der Waals surface area (Å²) in [6, 6.07) is 5.76. The van der Waals surface area contributed by atoms with Crippen LogP contribution in [0, 0.1) is 11.3 Å². The predicted octanol–water partition coefficient (Wildman–Crippen LogP) is 3.34. The molecule has 1 saturated heterocycles. The summed E-state index contributed by atoms with van der Waals surface area (Å²) in [5.74, 6) is 2.60. The van der Waals surface area contributed by atoms with Crippen molar-refractivity contribution in [3.8, 4) is 23.3 Å². The maximum absolute atomic E-state index is 9.30. The van der Waals surface area contributed by atoms with Crippen LogP contribution in [0.4, 0.5) is 5.88 Å². The molecule has 0 N–H and O–H groups in total. The van der Waals surface area contributed by atoms with Gasteiger partial charge in [-0.15, -0.1) is 0 Å². The molecule has 1 aliphatic rings. The van der Waals surface area contributed by atoms with Crippen LogP contribution in [0.1, 0.15) is 30.0 Å². The SMILES string of the molecule is COc1cc(C=Cc2nc(C#N)c(N3CCCC3)o2)cc(OC)c1OC. The van der Waals surface area contributed by atoms with Crippen molar-refractivity contribution in [1.29, 1.82) is 5.26 Å². The highest BCUT2D eigenvalue weighted by atomic mass is 16.5. The minimum Gasteiger partial charge on any atom is -0.493 e. The second-order valence-electron chi connectivity index (χ2n) is 5.80. The number of benzene rings is 1. The van der Waals surface area contributed by atoms with E-state index in [1.165, 1.54) is 0 Å². The first-order valence-corrected chi connectivity index (χ1v) is 8.34. The molecule has 1 fully saturated rings. The zero-order chi connectivity index (χ0) is 18.5. The molecule has 7 nitrogen and oxygen atoms in total. The molecule has 0 amide bonds. The summed E-state index contributed by atoms with van der Waals surface area (Å²) in [6.07, 6.45) is 5.75. The maximum atomic E-state index is 9.30. The third-order valence-electron chi connectivity index (χ3n) is 4.23. The molecule has 2 aromatic rings. The van der Waals surface area contributed by atoms with Crippen molar-refractivity contribution in [3.05, 3.63) is 29.3 Å². The van der Waals surface area contributed by atoms with Crippen LogP contribution >= 0.6 is 0 Å². The molecule has 0 aliphatic carbocycles. The Hall–Kier alpha value is -3.14. The van der Waals surface area contributed by atoms with E-state index in [4.69, 9.17) is 18.6 Å². The van der Waals surface area contributed by atoms with Crippen LogP contribution in [0.2, 0.25) is 0 Å². The predicted molar refractivity (Wildman–Crippen MR) is 97.7 cm³/mol. The molecule has 2 heterocycles. The Morgan fingerprint density at radius 2 is 1.73 bits per heavy atom. The molecule has 0 unspecified atom stereocenters. The molecule has 26 heavy (non-hydrogen) atoms. The summed E-state index contributed by atoms with van der Waals surface area (Å²) in [5.41, 5.74) is 1.15. The topological polar surface area (TPSA) is 80.8 Å². The van der Waals surface area contributed by atoms with Gasteiger partial charge in [-0.05, 0) is 36.6 Å². The lowest BCUT2D eigenvalue weighted by atomic mass is 10.1. The van der Waals surface area contributed by atoms with E-state index in [0.717, 1.165) is 31.5 Å². The number of nitriles is 1. The monoisotopic (exact) mass is 355 g/mol. The average Bonchev–Trinajstić information content (AvgIpc) is 3.34. The number of nitrogens with zero attached hydrogens (tertiary/aromatic N) is 3. The number of rotatable bonds is 6. The van der Waals surface area contributed by atoms with Crippen molar-refractivity contribution in [2.24, 2.45) is 0 Å².